The molecule has 4 saturated heterocycles. The normalized spacial score (nSPS) is 30.0. The fraction of sp³-hybridized carbons (Fsp3) is 0.592. The minimum Gasteiger partial charge on any atom is -0.462 e. The number of amides is 2. The number of hydrogen-bond donors (Lipinski definition) is 3. The number of nitrogens with one attached hydrogen (secondary N) is 2. The SMILES string of the molecule is CC(C)(C)OC(=O)CCC(CO)NC(=O)c1cccc(CNC(=O)C23CC4OC(=O)C2N(Cc2ccccc2C=CC(=O)OC2C(=O)OCC2(C)C)OC3C2OC(C3CC3)(C3CC3)OC42)c1. The highest BCUT2D eigenvalue weighted by atomic mass is 16.8. The van der Waals surface area contributed by atoms with Gasteiger partial charge >= 0.3 is 23.9 Å². The Morgan fingerprint density at radius 2 is 1.70 bits per heavy atom. The van der Waals surface area contributed by atoms with Gasteiger partial charge in [-0.15, -0.1) is 0 Å². The van der Waals surface area contributed by atoms with E-state index in [-0.39, 0.29) is 63.0 Å². The summed E-state index contributed by atoms with van der Waals surface area (Å²) in [5, 5.41) is 17.3. The molecule has 3 N–H and O–H groups in total. The van der Waals surface area contributed by atoms with Gasteiger partial charge in [-0.1, -0.05) is 50.2 Å². The molecule has 4 aliphatic heterocycles. The first-order chi connectivity index (χ1) is 31.4. The van der Waals surface area contributed by atoms with Crippen LogP contribution >= 0.6 is 0 Å². The van der Waals surface area contributed by atoms with Crippen LogP contribution in [0.15, 0.2) is 54.6 Å². The van der Waals surface area contributed by atoms with Crippen molar-refractivity contribution in [1.82, 2.24) is 15.7 Å². The van der Waals surface area contributed by atoms with E-state index in [2.05, 4.69) is 10.6 Å². The van der Waals surface area contributed by atoms with Crippen molar-refractivity contribution in [1.29, 1.82) is 0 Å². The van der Waals surface area contributed by atoms with Crippen molar-refractivity contribution in [3.05, 3.63) is 76.9 Å². The Kier molecular flexibility index (Phi) is 12.2. The van der Waals surface area contributed by atoms with Gasteiger partial charge in [-0.25, -0.2) is 9.59 Å². The molecule has 0 aromatic heterocycles. The second-order valence-corrected chi connectivity index (χ2v) is 20.5. The first-order valence-electron chi connectivity index (χ1n) is 23.0. The van der Waals surface area contributed by atoms with Crippen LogP contribution in [0.5, 0.6) is 0 Å². The zero-order valence-corrected chi connectivity index (χ0v) is 37.9. The van der Waals surface area contributed by atoms with Gasteiger partial charge in [0.15, 0.2) is 11.8 Å². The number of aliphatic hydroxyl groups excluding tert-OH is 1. The molecule has 354 valence electrons. The summed E-state index contributed by atoms with van der Waals surface area (Å²) in [4.78, 5) is 87.2. The molecule has 4 heterocycles. The molecule has 3 saturated carbocycles. The number of benzene rings is 2. The maximum absolute atomic E-state index is 15.1. The van der Waals surface area contributed by atoms with Crippen molar-refractivity contribution < 1.29 is 67.1 Å². The van der Waals surface area contributed by atoms with E-state index in [0.717, 1.165) is 25.7 Å². The lowest BCUT2D eigenvalue weighted by Gasteiger charge is -2.48. The summed E-state index contributed by atoms with van der Waals surface area (Å²) in [6, 6.07) is 12.0. The third-order valence-electron chi connectivity index (χ3n) is 13.7. The molecule has 17 nitrogen and oxygen atoms in total. The molecule has 66 heavy (non-hydrogen) atoms. The van der Waals surface area contributed by atoms with Crippen molar-refractivity contribution in [2.45, 2.75) is 147 Å². The van der Waals surface area contributed by atoms with Crippen molar-refractivity contribution in [2.24, 2.45) is 22.7 Å². The van der Waals surface area contributed by atoms with Gasteiger partial charge in [-0.2, -0.15) is 5.06 Å². The molecule has 8 atom stereocenters. The number of hydrogen-bond acceptors (Lipinski definition) is 15. The minimum absolute atomic E-state index is 0.00194. The van der Waals surface area contributed by atoms with Crippen molar-refractivity contribution >= 4 is 41.8 Å². The maximum Gasteiger partial charge on any atom is 0.348 e. The van der Waals surface area contributed by atoms with Crippen LogP contribution in [-0.2, 0) is 70.3 Å². The molecule has 0 spiro atoms. The minimum atomic E-state index is -1.47. The van der Waals surface area contributed by atoms with Gasteiger partial charge in [0.05, 0.1) is 19.2 Å². The number of nitrogens with zero attached hydrogens (tertiary/aromatic N) is 1. The Bertz CT molecular complexity index is 2290. The summed E-state index contributed by atoms with van der Waals surface area (Å²) < 4.78 is 36.0. The Balaban J connectivity index is 0.945. The second-order valence-electron chi connectivity index (χ2n) is 20.5. The highest BCUT2D eigenvalue weighted by Crippen LogP contribution is 2.64. The number of carbonyl (C=O) groups excluding carboxylic acids is 6. The molecule has 3 aliphatic carbocycles. The van der Waals surface area contributed by atoms with E-state index in [1.54, 1.807) is 77.1 Å². The topological polar surface area (TPSA) is 215 Å². The summed E-state index contributed by atoms with van der Waals surface area (Å²) in [5.41, 5.74) is -0.648. The summed E-state index contributed by atoms with van der Waals surface area (Å²) >= 11 is 0. The molecule has 9 rings (SSSR count). The molecule has 8 unspecified atom stereocenters. The Morgan fingerprint density at radius 3 is 2.38 bits per heavy atom. The van der Waals surface area contributed by atoms with Crippen LogP contribution in [-0.4, -0.2) is 113 Å². The molecule has 2 bridgehead atoms. The van der Waals surface area contributed by atoms with E-state index in [0.29, 0.717) is 16.7 Å². The summed E-state index contributed by atoms with van der Waals surface area (Å²) in [5.74, 6) is -3.75. The third kappa shape index (κ3) is 8.87. The maximum atomic E-state index is 15.1. The fourth-order valence-electron chi connectivity index (χ4n) is 10.3. The number of hydroxylamine groups is 2. The molecule has 2 aromatic rings. The molecule has 2 aromatic carbocycles. The Morgan fingerprint density at radius 1 is 0.970 bits per heavy atom. The smallest absolute Gasteiger partial charge is 0.348 e. The summed E-state index contributed by atoms with van der Waals surface area (Å²) in [6.07, 6.45) is 2.80. The van der Waals surface area contributed by atoms with Gasteiger partial charge in [0.1, 0.15) is 42.0 Å². The van der Waals surface area contributed by atoms with Gasteiger partial charge in [-0.05, 0) is 87.8 Å². The number of aliphatic hydroxyl groups is 1. The largest absolute Gasteiger partial charge is 0.462 e. The third-order valence-corrected chi connectivity index (χ3v) is 13.7. The number of rotatable bonds is 16. The average molecular weight is 914 g/mol. The lowest BCUT2D eigenvalue weighted by molar-refractivity contribution is -0.235. The fourth-order valence-corrected chi connectivity index (χ4v) is 10.3. The van der Waals surface area contributed by atoms with E-state index < -0.39 is 101 Å². The first kappa shape index (κ1) is 45.9. The van der Waals surface area contributed by atoms with Crippen LogP contribution in [0, 0.1) is 22.7 Å². The van der Waals surface area contributed by atoms with Crippen molar-refractivity contribution in [3.8, 4) is 0 Å². The molecule has 17 heteroatoms. The van der Waals surface area contributed by atoms with Crippen molar-refractivity contribution in [2.75, 3.05) is 13.2 Å². The quantitative estimate of drug-likeness (QED) is 0.124. The Hall–Kier alpha value is -5.20. The van der Waals surface area contributed by atoms with Crippen LogP contribution in [0.3, 0.4) is 0 Å². The number of cyclic esters (lactones) is 1. The van der Waals surface area contributed by atoms with Crippen LogP contribution in [0.2, 0.25) is 0 Å². The van der Waals surface area contributed by atoms with Crippen LogP contribution in [0.25, 0.3) is 6.08 Å². The lowest BCUT2D eigenvalue weighted by Crippen LogP contribution is -2.69. The van der Waals surface area contributed by atoms with Crippen molar-refractivity contribution in [3.63, 3.8) is 0 Å². The van der Waals surface area contributed by atoms with E-state index in [4.69, 9.17) is 33.3 Å². The van der Waals surface area contributed by atoms with E-state index in [1.165, 1.54) is 11.1 Å². The molecular formula is C49H59N3O14. The summed E-state index contributed by atoms with van der Waals surface area (Å²) in [7, 11) is 0. The monoisotopic (exact) mass is 913 g/mol. The van der Waals surface area contributed by atoms with Gasteiger partial charge in [-0.3, -0.25) is 24.0 Å². The molecular weight excluding hydrogens is 855 g/mol. The van der Waals surface area contributed by atoms with E-state index in [1.807, 2.05) is 12.1 Å². The molecule has 0 radical (unpaired) electrons. The number of esters is 4. The standard InChI is InChI=1S/C49H59N3O14/c1-46(2,3)63-36(55)20-18-33(25-53)51-42(56)29-12-8-9-27(21-29)23-50-45(59)48-22-34-37-38(65-49(64-37,31-14-15-31)32-16-17-32)40(48)66-52(39(48)43(57)61-34)24-30-11-7-6-10-28(30)13-19-35(54)62-41-44(58)60-26-47(41,4)5/h6-13,19,21,31-34,37-41,53H,14-18,20,22-26H2,1-5H3,(H,50,59)(H,51,56). The van der Waals surface area contributed by atoms with Crippen LogP contribution in [0.1, 0.15) is 107 Å². The van der Waals surface area contributed by atoms with Crippen LogP contribution in [0.4, 0.5) is 0 Å². The first-order valence-corrected chi connectivity index (χ1v) is 23.0. The highest BCUT2D eigenvalue weighted by Gasteiger charge is 2.78. The van der Waals surface area contributed by atoms with Gasteiger partial charge in [0.2, 0.25) is 12.0 Å². The zero-order chi connectivity index (χ0) is 46.8. The van der Waals surface area contributed by atoms with E-state index in [9.17, 15) is 29.1 Å². The molecule has 7 fully saturated rings. The molecule has 2 amide bonds. The second kappa shape index (κ2) is 17.5. The predicted octanol–water partition coefficient (Wildman–Crippen LogP) is 3.82. The highest BCUT2D eigenvalue weighted by molar-refractivity contribution is 5.95. The number of ether oxygens (including phenoxy) is 6. The van der Waals surface area contributed by atoms with Gasteiger partial charge < -0.3 is 44.2 Å². The average Bonchev–Trinajstić information content (AvgIpc) is 4.22. The van der Waals surface area contributed by atoms with Crippen LogP contribution < -0.4 is 10.6 Å². The number of carbonyl (C=O) groups is 6. The lowest BCUT2D eigenvalue weighted by atomic mass is 9.62. The predicted molar refractivity (Wildman–Crippen MR) is 231 cm³/mol. The zero-order valence-electron chi connectivity index (χ0n) is 37.9. The van der Waals surface area contributed by atoms with Gasteiger partial charge in [0.25, 0.3) is 5.91 Å². The summed E-state index contributed by atoms with van der Waals surface area (Å²) in [6.45, 7) is 8.63. The Labute approximate surface area is 383 Å². The van der Waals surface area contributed by atoms with Gasteiger partial charge in [0, 0.05) is 48.3 Å². The molecule has 7 aliphatic rings. The van der Waals surface area contributed by atoms with E-state index >= 15 is 4.79 Å². The number of fused-ring (bicyclic) bond motifs is 4.